The van der Waals surface area contributed by atoms with Crippen LogP contribution in [0.25, 0.3) is 10.9 Å². The molecule has 1 aromatic heterocycles. The third kappa shape index (κ3) is 2.67. The fourth-order valence-electron chi connectivity index (χ4n) is 3.28. The van der Waals surface area contributed by atoms with Gasteiger partial charge in [0.25, 0.3) is 0 Å². The summed E-state index contributed by atoms with van der Waals surface area (Å²) in [6.45, 7) is 5.57. The van der Waals surface area contributed by atoms with Gasteiger partial charge in [0.2, 0.25) is 0 Å². The highest BCUT2D eigenvalue weighted by Crippen LogP contribution is 2.32. The first-order valence-electron chi connectivity index (χ1n) is 7.38. The van der Waals surface area contributed by atoms with Gasteiger partial charge >= 0.3 is 0 Å². The van der Waals surface area contributed by atoms with Crippen LogP contribution in [0.2, 0.25) is 0 Å². The molecule has 0 radical (unpaired) electrons. The zero-order chi connectivity index (χ0) is 13.8. The molecule has 1 saturated carbocycles. The van der Waals surface area contributed by atoms with Crippen molar-refractivity contribution >= 4 is 23.3 Å². The topological polar surface area (TPSA) is 37.3 Å². The third-order valence-electron chi connectivity index (χ3n) is 4.38. The number of aromatic nitrogens is 1. The zero-order valence-electron chi connectivity index (χ0n) is 11.8. The maximum absolute atomic E-state index is 4.40. The lowest BCUT2D eigenvalue weighted by Crippen LogP contribution is -2.20. The summed E-state index contributed by atoms with van der Waals surface area (Å²) in [6, 6.07) is 10.3. The average Bonchev–Trinajstić information content (AvgIpc) is 2.93. The number of anilines is 1. The van der Waals surface area contributed by atoms with Crippen molar-refractivity contribution in [1.82, 2.24) is 4.98 Å². The second-order valence-corrected chi connectivity index (χ2v) is 5.61. The molecule has 0 amide bonds. The number of hydrogen-bond donors (Lipinski definition) is 1. The number of para-hydroxylation sites is 1. The Kier molecular flexibility index (Phi) is 3.95. The second kappa shape index (κ2) is 6.04. The van der Waals surface area contributed by atoms with Crippen molar-refractivity contribution in [3.05, 3.63) is 36.5 Å². The van der Waals surface area contributed by atoms with Crippen LogP contribution in [0.4, 0.5) is 5.69 Å². The predicted octanol–water partition coefficient (Wildman–Crippen LogP) is 3.76. The summed E-state index contributed by atoms with van der Waals surface area (Å²) >= 11 is 0. The zero-order valence-corrected chi connectivity index (χ0v) is 11.8. The van der Waals surface area contributed by atoms with Crippen LogP contribution in [0.5, 0.6) is 0 Å². The molecule has 3 nitrogen and oxygen atoms in total. The predicted molar refractivity (Wildman–Crippen MR) is 85.5 cm³/mol. The number of aliphatic imine (C=N–C) groups is 1. The van der Waals surface area contributed by atoms with Crippen molar-refractivity contribution < 1.29 is 0 Å². The van der Waals surface area contributed by atoms with Gasteiger partial charge in [-0.15, -0.1) is 0 Å². The van der Waals surface area contributed by atoms with Crippen molar-refractivity contribution in [3.63, 3.8) is 0 Å². The minimum Gasteiger partial charge on any atom is -0.384 e. The molecular weight excluding hydrogens is 246 g/mol. The van der Waals surface area contributed by atoms with E-state index in [1.54, 1.807) is 0 Å². The molecule has 0 bridgehead atoms. The van der Waals surface area contributed by atoms with Gasteiger partial charge in [-0.25, -0.2) is 0 Å². The molecule has 104 valence electrons. The van der Waals surface area contributed by atoms with Gasteiger partial charge in [0.15, 0.2) is 0 Å². The van der Waals surface area contributed by atoms with Crippen LogP contribution >= 0.6 is 0 Å². The van der Waals surface area contributed by atoms with E-state index in [2.05, 4.69) is 46.3 Å². The normalized spacial score (nSPS) is 22.0. The van der Waals surface area contributed by atoms with Crippen LogP contribution < -0.4 is 5.32 Å². The largest absolute Gasteiger partial charge is 0.384 e. The molecule has 1 aliphatic carbocycles. The van der Waals surface area contributed by atoms with Gasteiger partial charge < -0.3 is 10.3 Å². The molecule has 2 aromatic rings. The number of rotatable bonds is 5. The minimum absolute atomic E-state index is 0.702. The second-order valence-electron chi connectivity index (χ2n) is 5.61. The molecule has 2 unspecified atom stereocenters. The van der Waals surface area contributed by atoms with Crippen LogP contribution in [0.1, 0.15) is 19.3 Å². The summed E-state index contributed by atoms with van der Waals surface area (Å²) in [5.74, 6) is 1.42. The third-order valence-corrected chi connectivity index (χ3v) is 4.38. The number of nitrogens with one attached hydrogen (secondary N) is 1. The van der Waals surface area contributed by atoms with Gasteiger partial charge in [-0.3, -0.25) is 4.98 Å². The molecule has 3 heteroatoms. The van der Waals surface area contributed by atoms with Crippen LogP contribution in [-0.4, -0.2) is 24.8 Å². The van der Waals surface area contributed by atoms with Crippen molar-refractivity contribution in [1.29, 1.82) is 0 Å². The summed E-state index contributed by atoms with van der Waals surface area (Å²) in [6.07, 6.45) is 5.80. The van der Waals surface area contributed by atoms with Gasteiger partial charge in [0.1, 0.15) is 0 Å². The molecule has 20 heavy (non-hydrogen) atoms. The lowest BCUT2D eigenvalue weighted by molar-refractivity contribution is 0.416. The number of nitrogens with zero attached hydrogens (tertiary/aromatic N) is 2. The quantitative estimate of drug-likeness (QED) is 0.837. The highest BCUT2D eigenvalue weighted by Gasteiger charge is 2.26. The van der Waals surface area contributed by atoms with E-state index in [1.165, 1.54) is 30.3 Å². The highest BCUT2D eigenvalue weighted by molar-refractivity contribution is 5.90. The lowest BCUT2D eigenvalue weighted by Gasteiger charge is -2.19. The molecular formula is C17H21N3. The number of fused-ring (bicyclic) bond motifs is 1. The van der Waals surface area contributed by atoms with E-state index in [1.807, 2.05) is 12.3 Å². The molecule has 1 aliphatic rings. The van der Waals surface area contributed by atoms with Gasteiger partial charge in [-0.05, 0) is 43.5 Å². The van der Waals surface area contributed by atoms with E-state index < -0.39 is 0 Å². The highest BCUT2D eigenvalue weighted by atomic mass is 14.9. The first-order valence-corrected chi connectivity index (χ1v) is 7.38. The van der Waals surface area contributed by atoms with Crippen molar-refractivity contribution in [3.8, 4) is 0 Å². The van der Waals surface area contributed by atoms with E-state index >= 15 is 0 Å². The summed E-state index contributed by atoms with van der Waals surface area (Å²) in [4.78, 5) is 8.49. The smallest absolute Gasteiger partial charge is 0.0722 e. The van der Waals surface area contributed by atoms with Gasteiger partial charge in [0, 0.05) is 30.4 Å². The Labute approximate surface area is 120 Å². The summed E-state index contributed by atoms with van der Waals surface area (Å²) in [7, 11) is 0. The Balaban J connectivity index is 1.72. The summed E-state index contributed by atoms with van der Waals surface area (Å²) in [5.41, 5.74) is 2.24. The van der Waals surface area contributed by atoms with E-state index in [0.29, 0.717) is 11.8 Å². The molecule has 2 atom stereocenters. The first-order chi connectivity index (χ1) is 9.88. The standard InChI is InChI=1S/C17H21N3/c1-18-11-13-5-4-6-14(13)12-20-17-9-10-19-16-8-3-2-7-15(16)17/h2-3,7-10,13-14H,1,4-6,11-12H2,(H,19,20). The van der Waals surface area contributed by atoms with Crippen molar-refractivity contribution in [2.24, 2.45) is 16.8 Å². The average molecular weight is 267 g/mol. The Hall–Kier alpha value is -1.90. The fraction of sp³-hybridized carbons (Fsp3) is 0.412. The minimum atomic E-state index is 0.702. The molecule has 0 aliphatic heterocycles. The Morgan fingerprint density at radius 2 is 2.05 bits per heavy atom. The van der Waals surface area contributed by atoms with Gasteiger partial charge in [-0.1, -0.05) is 24.6 Å². The van der Waals surface area contributed by atoms with E-state index in [4.69, 9.17) is 0 Å². The van der Waals surface area contributed by atoms with Crippen LogP contribution in [0.3, 0.4) is 0 Å². The first kappa shape index (κ1) is 13.1. The Morgan fingerprint density at radius 3 is 2.95 bits per heavy atom. The van der Waals surface area contributed by atoms with Crippen molar-refractivity contribution in [2.45, 2.75) is 19.3 Å². The molecule has 0 saturated heterocycles. The molecule has 1 N–H and O–H groups in total. The number of pyridine rings is 1. The number of benzene rings is 1. The lowest BCUT2D eigenvalue weighted by atomic mass is 9.96. The maximum atomic E-state index is 4.40. The molecule has 3 rings (SSSR count). The Bertz CT molecular complexity index is 588. The molecule has 1 aromatic carbocycles. The summed E-state index contributed by atoms with van der Waals surface area (Å²) in [5, 5.41) is 4.82. The molecule has 1 fully saturated rings. The SMILES string of the molecule is C=NCC1CCCC1CNc1ccnc2ccccc12. The van der Waals surface area contributed by atoms with Crippen LogP contribution in [0, 0.1) is 11.8 Å². The van der Waals surface area contributed by atoms with E-state index in [0.717, 1.165) is 18.6 Å². The van der Waals surface area contributed by atoms with Crippen LogP contribution in [0.15, 0.2) is 41.5 Å². The van der Waals surface area contributed by atoms with Crippen molar-refractivity contribution in [2.75, 3.05) is 18.4 Å². The number of hydrogen-bond acceptors (Lipinski definition) is 3. The van der Waals surface area contributed by atoms with Crippen LogP contribution in [-0.2, 0) is 0 Å². The summed E-state index contributed by atoms with van der Waals surface area (Å²) < 4.78 is 0. The van der Waals surface area contributed by atoms with Gasteiger partial charge in [-0.2, -0.15) is 0 Å². The monoisotopic (exact) mass is 267 g/mol. The van der Waals surface area contributed by atoms with E-state index in [-0.39, 0.29) is 0 Å². The van der Waals surface area contributed by atoms with Gasteiger partial charge in [0.05, 0.1) is 5.52 Å². The molecule has 1 heterocycles. The van der Waals surface area contributed by atoms with E-state index in [9.17, 15) is 0 Å². The maximum Gasteiger partial charge on any atom is 0.0722 e. The fourth-order valence-corrected chi connectivity index (χ4v) is 3.28. The molecule has 0 spiro atoms. The Morgan fingerprint density at radius 1 is 1.20 bits per heavy atom.